The van der Waals surface area contributed by atoms with Gasteiger partial charge >= 0.3 is 0 Å². The van der Waals surface area contributed by atoms with E-state index in [0.717, 1.165) is 43.7 Å². The van der Waals surface area contributed by atoms with Crippen LogP contribution >= 0.6 is 0 Å². The molecule has 1 saturated heterocycles. The quantitative estimate of drug-likeness (QED) is 0.819. The third-order valence-electron chi connectivity index (χ3n) is 4.55. The average molecular weight is 327 g/mol. The molecule has 0 aliphatic carbocycles. The summed E-state index contributed by atoms with van der Waals surface area (Å²) in [4.78, 5) is 14.6. The molecule has 1 aromatic carbocycles. The van der Waals surface area contributed by atoms with Crippen LogP contribution in [0.25, 0.3) is 0 Å². The minimum Gasteiger partial charge on any atom is -0.484 e. The molecule has 2 aromatic rings. The molecule has 0 radical (unpaired) electrons. The molecule has 3 rings (SSSR count). The van der Waals surface area contributed by atoms with Crippen molar-refractivity contribution in [2.75, 3.05) is 13.2 Å². The number of rotatable bonds is 6. The van der Waals surface area contributed by atoms with Crippen LogP contribution in [-0.2, 0) is 11.3 Å². The van der Waals surface area contributed by atoms with Gasteiger partial charge in [0.05, 0.1) is 0 Å². The topological polar surface area (TPSA) is 47.4 Å². The Hall–Kier alpha value is -2.30. The number of hydrogen-bond donors (Lipinski definition) is 0. The smallest absolute Gasteiger partial charge is 0.260 e. The maximum Gasteiger partial charge on any atom is 0.260 e. The molecule has 1 atom stereocenters. The Balaban J connectivity index is 1.54. The third kappa shape index (κ3) is 4.37. The van der Waals surface area contributed by atoms with Gasteiger partial charge in [0, 0.05) is 31.5 Å². The fourth-order valence-corrected chi connectivity index (χ4v) is 3.28. The lowest BCUT2D eigenvalue weighted by atomic mass is 9.99. The van der Waals surface area contributed by atoms with Gasteiger partial charge in [-0.25, -0.2) is 0 Å². The normalized spacial score (nSPS) is 17.7. The van der Waals surface area contributed by atoms with Crippen molar-refractivity contribution < 1.29 is 9.53 Å². The number of aryl methyl sites for hydroxylation is 2. The van der Waals surface area contributed by atoms with Crippen molar-refractivity contribution >= 4 is 5.91 Å². The number of nitrogens with zero attached hydrogens (tertiary/aromatic N) is 3. The number of amides is 1. The molecule has 0 bridgehead atoms. The van der Waals surface area contributed by atoms with E-state index in [-0.39, 0.29) is 18.6 Å². The second-order valence-corrected chi connectivity index (χ2v) is 6.40. The molecule has 2 heterocycles. The zero-order chi connectivity index (χ0) is 16.8. The van der Waals surface area contributed by atoms with E-state index in [9.17, 15) is 4.79 Å². The van der Waals surface area contributed by atoms with Crippen LogP contribution in [0.3, 0.4) is 0 Å². The van der Waals surface area contributed by atoms with Crippen molar-refractivity contribution in [1.82, 2.24) is 14.7 Å². The Morgan fingerprint density at radius 3 is 3.04 bits per heavy atom. The first kappa shape index (κ1) is 16.6. The number of likely N-dealkylation sites (tertiary alicyclic amines) is 1. The summed E-state index contributed by atoms with van der Waals surface area (Å²) in [7, 11) is 0. The van der Waals surface area contributed by atoms with Gasteiger partial charge in [0.15, 0.2) is 6.61 Å². The fraction of sp³-hybridized carbons (Fsp3) is 0.474. The van der Waals surface area contributed by atoms with Gasteiger partial charge < -0.3 is 9.64 Å². The molecule has 1 aliphatic rings. The lowest BCUT2D eigenvalue weighted by Crippen LogP contribution is -2.46. The van der Waals surface area contributed by atoms with Crippen LogP contribution in [0.15, 0.2) is 42.7 Å². The predicted molar refractivity (Wildman–Crippen MR) is 92.9 cm³/mol. The molecule has 5 heteroatoms. The molecule has 0 saturated carbocycles. The van der Waals surface area contributed by atoms with Crippen molar-refractivity contribution in [2.24, 2.45) is 0 Å². The Morgan fingerprint density at radius 1 is 1.33 bits per heavy atom. The lowest BCUT2D eigenvalue weighted by molar-refractivity contribution is -0.137. The highest BCUT2D eigenvalue weighted by Crippen LogP contribution is 2.21. The molecular formula is C19H25N3O2. The minimum absolute atomic E-state index is 0.0849. The van der Waals surface area contributed by atoms with Gasteiger partial charge in [-0.3, -0.25) is 9.48 Å². The second-order valence-electron chi connectivity index (χ2n) is 6.40. The molecule has 1 aliphatic heterocycles. The highest BCUT2D eigenvalue weighted by atomic mass is 16.5. The van der Waals surface area contributed by atoms with Crippen LogP contribution in [0.1, 0.15) is 31.2 Å². The van der Waals surface area contributed by atoms with Gasteiger partial charge in [-0.1, -0.05) is 12.1 Å². The number of carbonyl (C=O) groups is 1. The summed E-state index contributed by atoms with van der Waals surface area (Å²) in [6.45, 7) is 3.81. The van der Waals surface area contributed by atoms with Crippen molar-refractivity contribution in [3.8, 4) is 5.75 Å². The summed E-state index contributed by atoms with van der Waals surface area (Å²) in [6.07, 6.45) is 8.03. The van der Waals surface area contributed by atoms with Crippen molar-refractivity contribution in [3.05, 3.63) is 48.3 Å². The molecule has 128 valence electrons. The van der Waals surface area contributed by atoms with E-state index in [0.29, 0.717) is 0 Å². The largest absolute Gasteiger partial charge is 0.484 e. The van der Waals surface area contributed by atoms with Crippen molar-refractivity contribution in [1.29, 1.82) is 0 Å². The number of piperidine rings is 1. The maximum atomic E-state index is 12.6. The first-order valence-electron chi connectivity index (χ1n) is 8.69. The van der Waals surface area contributed by atoms with Crippen LogP contribution in [0.2, 0.25) is 0 Å². The number of ether oxygens (including phenoxy) is 1. The Labute approximate surface area is 143 Å². The lowest BCUT2D eigenvalue weighted by Gasteiger charge is -2.35. The van der Waals surface area contributed by atoms with E-state index in [2.05, 4.69) is 5.10 Å². The summed E-state index contributed by atoms with van der Waals surface area (Å²) in [5.74, 6) is 0.843. The van der Waals surface area contributed by atoms with E-state index >= 15 is 0 Å². The van der Waals surface area contributed by atoms with Crippen LogP contribution in [0.5, 0.6) is 5.75 Å². The highest BCUT2D eigenvalue weighted by Gasteiger charge is 2.26. The van der Waals surface area contributed by atoms with Gasteiger partial charge in [0.25, 0.3) is 5.91 Å². The summed E-state index contributed by atoms with van der Waals surface area (Å²) in [5, 5.41) is 4.24. The summed E-state index contributed by atoms with van der Waals surface area (Å²) < 4.78 is 7.62. The van der Waals surface area contributed by atoms with E-state index in [4.69, 9.17) is 4.74 Å². The molecule has 1 fully saturated rings. The van der Waals surface area contributed by atoms with Crippen LogP contribution in [-0.4, -0.2) is 39.8 Å². The standard InChI is InChI=1S/C19H25N3O2/c1-16-6-4-8-18(14-16)24-15-19(23)22-12-3-2-7-17(22)9-13-21-11-5-10-20-21/h4-6,8,10-11,14,17H,2-3,7,9,12-13,15H2,1H3. The van der Waals surface area contributed by atoms with Crippen LogP contribution in [0, 0.1) is 6.92 Å². The van der Waals surface area contributed by atoms with E-state index < -0.39 is 0 Å². The molecule has 0 N–H and O–H groups in total. The average Bonchev–Trinajstić information content (AvgIpc) is 3.12. The van der Waals surface area contributed by atoms with Gasteiger partial charge in [-0.05, 0) is 56.4 Å². The van der Waals surface area contributed by atoms with Gasteiger partial charge in [0.2, 0.25) is 0 Å². The van der Waals surface area contributed by atoms with E-state index in [1.165, 1.54) is 6.42 Å². The highest BCUT2D eigenvalue weighted by molar-refractivity contribution is 5.78. The number of hydrogen-bond acceptors (Lipinski definition) is 3. The van der Waals surface area contributed by atoms with Crippen LogP contribution in [0.4, 0.5) is 0 Å². The predicted octanol–water partition coefficient (Wildman–Crippen LogP) is 3.04. The molecule has 1 aromatic heterocycles. The zero-order valence-corrected chi connectivity index (χ0v) is 14.2. The second kappa shape index (κ2) is 7.99. The third-order valence-corrected chi connectivity index (χ3v) is 4.55. The summed E-state index contributed by atoms with van der Waals surface area (Å²) >= 11 is 0. The molecular weight excluding hydrogens is 302 g/mol. The monoisotopic (exact) mass is 327 g/mol. The van der Waals surface area contributed by atoms with E-state index in [1.54, 1.807) is 6.20 Å². The van der Waals surface area contributed by atoms with E-state index in [1.807, 2.05) is 53.0 Å². The molecule has 24 heavy (non-hydrogen) atoms. The Morgan fingerprint density at radius 2 is 2.25 bits per heavy atom. The number of benzene rings is 1. The summed E-state index contributed by atoms with van der Waals surface area (Å²) in [5.41, 5.74) is 1.13. The molecule has 5 nitrogen and oxygen atoms in total. The number of aromatic nitrogens is 2. The van der Waals surface area contributed by atoms with Crippen molar-refractivity contribution in [3.63, 3.8) is 0 Å². The Bertz CT molecular complexity index is 654. The van der Waals surface area contributed by atoms with Crippen molar-refractivity contribution in [2.45, 2.75) is 45.2 Å². The fourth-order valence-electron chi connectivity index (χ4n) is 3.28. The zero-order valence-electron chi connectivity index (χ0n) is 14.2. The molecule has 1 amide bonds. The van der Waals surface area contributed by atoms with Gasteiger partial charge in [-0.2, -0.15) is 5.10 Å². The maximum absolute atomic E-state index is 12.6. The first-order chi connectivity index (χ1) is 11.7. The molecule has 0 spiro atoms. The Kier molecular flexibility index (Phi) is 5.51. The molecule has 1 unspecified atom stereocenters. The SMILES string of the molecule is Cc1cccc(OCC(=O)N2CCCCC2CCn2cccn2)c1. The number of carbonyl (C=O) groups excluding carboxylic acids is 1. The summed E-state index contributed by atoms with van der Waals surface area (Å²) in [6, 6.07) is 10.0. The van der Waals surface area contributed by atoms with Gasteiger partial charge in [-0.15, -0.1) is 0 Å². The first-order valence-corrected chi connectivity index (χ1v) is 8.69. The van der Waals surface area contributed by atoms with Gasteiger partial charge in [0.1, 0.15) is 5.75 Å². The minimum atomic E-state index is 0.0849. The van der Waals surface area contributed by atoms with Crippen LogP contribution < -0.4 is 4.74 Å².